The first-order valence-electron chi connectivity index (χ1n) is 5.27. The number of hydrogen-bond donors (Lipinski definition) is 1. The number of rotatable bonds is 4. The van der Waals surface area contributed by atoms with Crippen LogP contribution in [0.5, 0.6) is 0 Å². The second kappa shape index (κ2) is 7.24. The average Bonchev–Trinajstić information content (AvgIpc) is 2.47. The summed E-state index contributed by atoms with van der Waals surface area (Å²) < 4.78 is 4.49. The van der Waals surface area contributed by atoms with E-state index in [-0.39, 0.29) is 16.5 Å². The van der Waals surface area contributed by atoms with Crippen molar-refractivity contribution in [1.82, 2.24) is 5.32 Å². The van der Waals surface area contributed by atoms with Crippen molar-refractivity contribution in [2.75, 3.05) is 13.4 Å². The molecule has 0 atom stereocenters. The molecule has 0 saturated heterocycles. The molecule has 0 aromatic heterocycles. The van der Waals surface area contributed by atoms with Gasteiger partial charge in [0.05, 0.1) is 7.11 Å². The zero-order valence-electron chi connectivity index (χ0n) is 10.5. The lowest BCUT2D eigenvalue weighted by atomic mass is 10.2. The molecule has 1 N–H and O–H groups in total. The van der Waals surface area contributed by atoms with Gasteiger partial charge in [0, 0.05) is 5.56 Å². The summed E-state index contributed by atoms with van der Waals surface area (Å²) in [6.07, 6.45) is 1.65. The van der Waals surface area contributed by atoms with Gasteiger partial charge in [0.15, 0.2) is 5.57 Å². The Morgan fingerprint density at radius 2 is 1.95 bits per heavy atom. The predicted molar refractivity (Wildman–Crippen MR) is 72.1 cm³/mol. The van der Waals surface area contributed by atoms with Crippen LogP contribution in [0.15, 0.2) is 40.9 Å². The minimum atomic E-state index is -0.778. The van der Waals surface area contributed by atoms with Crippen molar-refractivity contribution in [3.8, 4) is 6.07 Å². The third-order valence-electron chi connectivity index (χ3n) is 2.20. The molecule has 0 aliphatic carbocycles. The Balaban J connectivity index is 3.00. The predicted octanol–water partition coefficient (Wildman–Crippen LogP) is 1.69. The molecule has 1 rings (SSSR count). The van der Waals surface area contributed by atoms with Crippen LogP contribution in [-0.4, -0.2) is 25.2 Å². The van der Waals surface area contributed by atoms with Crippen molar-refractivity contribution in [1.29, 1.82) is 5.26 Å². The average molecular weight is 276 g/mol. The molecule has 0 bridgehead atoms. The van der Waals surface area contributed by atoms with Gasteiger partial charge in [-0.25, -0.2) is 4.79 Å². The van der Waals surface area contributed by atoms with Gasteiger partial charge in [0.2, 0.25) is 0 Å². The minimum Gasteiger partial charge on any atom is -0.465 e. The number of esters is 1. The summed E-state index contributed by atoms with van der Waals surface area (Å²) in [5, 5.41) is 11.6. The van der Waals surface area contributed by atoms with Crippen LogP contribution >= 0.6 is 11.8 Å². The topological polar surface area (TPSA) is 79.2 Å². The summed E-state index contributed by atoms with van der Waals surface area (Å²) >= 11 is 1.09. The third-order valence-corrected chi connectivity index (χ3v) is 2.91. The maximum absolute atomic E-state index is 11.9. The number of nitrogens with zero attached hydrogens (tertiary/aromatic N) is 1. The molecule has 0 saturated carbocycles. The fourth-order valence-corrected chi connectivity index (χ4v) is 1.80. The molecule has 98 valence electrons. The van der Waals surface area contributed by atoms with Crippen LogP contribution in [0.25, 0.3) is 0 Å². The Kier molecular flexibility index (Phi) is 5.64. The van der Waals surface area contributed by atoms with Crippen LogP contribution in [0.2, 0.25) is 0 Å². The van der Waals surface area contributed by atoms with Gasteiger partial charge in [-0.2, -0.15) is 5.26 Å². The van der Waals surface area contributed by atoms with E-state index in [1.54, 1.807) is 42.7 Å². The van der Waals surface area contributed by atoms with Crippen LogP contribution < -0.4 is 5.32 Å². The monoisotopic (exact) mass is 276 g/mol. The highest BCUT2D eigenvalue weighted by atomic mass is 32.2. The van der Waals surface area contributed by atoms with Crippen molar-refractivity contribution in [3.05, 3.63) is 46.5 Å². The van der Waals surface area contributed by atoms with Crippen molar-refractivity contribution in [2.45, 2.75) is 0 Å². The zero-order valence-corrected chi connectivity index (χ0v) is 11.3. The highest BCUT2D eigenvalue weighted by molar-refractivity contribution is 8.02. The zero-order chi connectivity index (χ0) is 14.3. The van der Waals surface area contributed by atoms with E-state index in [1.165, 1.54) is 7.11 Å². The first kappa shape index (κ1) is 14.8. The molecule has 0 spiro atoms. The third kappa shape index (κ3) is 3.86. The summed E-state index contributed by atoms with van der Waals surface area (Å²) in [6.45, 7) is 0. The second-order valence-electron chi connectivity index (χ2n) is 3.33. The van der Waals surface area contributed by atoms with Crippen LogP contribution in [-0.2, 0) is 9.53 Å². The molecule has 5 nitrogen and oxygen atoms in total. The number of carbonyl (C=O) groups is 2. The number of nitrogens with one attached hydrogen (secondary N) is 1. The van der Waals surface area contributed by atoms with E-state index in [4.69, 9.17) is 5.26 Å². The lowest BCUT2D eigenvalue weighted by Gasteiger charge is -2.08. The normalized spacial score (nSPS) is 11.0. The molecular weight excluding hydrogens is 264 g/mol. The fraction of sp³-hybridized carbons (Fsp3) is 0.154. The van der Waals surface area contributed by atoms with Gasteiger partial charge in [-0.05, 0) is 18.4 Å². The number of carbonyl (C=O) groups excluding carboxylic acids is 2. The number of thioether (sulfide) groups is 1. The van der Waals surface area contributed by atoms with E-state index in [0.717, 1.165) is 11.8 Å². The van der Waals surface area contributed by atoms with E-state index in [2.05, 4.69) is 10.1 Å². The maximum Gasteiger partial charge on any atom is 0.351 e. The summed E-state index contributed by atoms with van der Waals surface area (Å²) in [4.78, 5) is 23.3. The number of ether oxygens (including phenoxy) is 1. The molecule has 1 aromatic carbocycles. The number of benzene rings is 1. The lowest BCUT2D eigenvalue weighted by molar-refractivity contribution is -0.135. The molecule has 0 aliphatic heterocycles. The Labute approximate surface area is 115 Å². The van der Waals surface area contributed by atoms with Crippen molar-refractivity contribution < 1.29 is 14.3 Å². The van der Waals surface area contributed by atoms with E-state index in [1.807, 2.05) is 0 Å². The molecule has 1 aromatic rings. The number of amides is 1. The summed E-state index contributed by atoms with van der Waals surface area (Å²) in [7, 11) is 1.18. The van der Waals surface area contributed by atoms with Gasteiger partial charge >= 0.3 is 5.97 Å². The number of methoxy groups -OCH3 is 1. The molecule has 0 unspecified atom stereocenters. The van der Waals surface area contributed by atoms with E-state index < -0.39 is 5.97 Å². The molecule has 6 heteroatoms. The van der Waals surface area contributed by atoms with Crippen molar-refractivity contribution in [3.63, 3.8) is 0 Å². The summed E-state index contributed by atoms with van der Waals surface area (Å²) in [5.74, 6) is -1.16. The molecule has 19 heavy (non-hydrogen) atoms. The van der Waals surface area contributed by atoms with Crippen LogP contribution in [0.1, 0.15) is 10.4 Å². The van der Waals surface area contributed by atoms with Gasteiger partial charge in [0.1, 0.15) is 11.1 Å². The molecule has 0 aliphatic rings. The molecule has 0 fully saturated rings. The smallest absolute Gasteiger partial charge is 0.351 e. The fourth-order valence-electron chi connectivity index (χ4n) is 1.27. The van der Waals surface area contributed by atoms with Crippen molar-refractivity contribution in [2.24, 2.45) is 0 Å². The molecule has 0 heterocycles. The lowest BCUT2D eigenvalue weighted by Crippen LogP contribution is -2.24. The SMILES string of the molecule is COC(=O)/C(C#N)=C(\NC(=O)c1ccccc1)SC. The van der Waals surface area contributed by atoms with Crippen LogP contribution in [0, 0.1) is 11.3 Å². The Morgan fingerprint density at radius 3 is 2.42 bits per heavy atom. The Hall–Kier alpha value is -2.26. The minimum absolute atomic E-state index is 0.170. The Morgan fingerprint density at radius 1 is 1.32 bits per heavy atom. The first-order chi connectivity index (χ1) is 9.13. The molecule has 0 radical (unpaired) electrons. The van der Waals surface area contributed by atoms with E-state index in [9.17, 15) is 9.59 Å². The summed E-state index contributed by atoms with van der Waals surface area (Å²) in [6, 6.07) is 10.2. The largest absolute Gasteiger partial charge is 0.465 e. The van der Waals surface area contributed by atoms with Gasteiger partial charge in [-0.15, -0.1) is 11.8 Å². The van der Waals surface area contributed by atoms with E-state index >= 15 is 0 Å². The summed E-state index contributed by atoms with van der Waals surface area (Å²) in [5.41, 5.74) is 0.218. The van der Waals surface area contributed by atoms with Crippen LogP contribution in [0.3, 0.4) is 0 Å². The van der Waals surface area contributed by atoms with E-state index in [0.29, 0.717) is 5.56 Å². The van der Waals surface area contributed by atoms with Crippen LogP contribution in [0.4, 0.5) is 0 Å². The Bertz CT molecular complexity index is 547. The standard InChI is InChI=1S/C13H12N2O3S/c1-18-13(17)10(8-14)12(19-2)15-11(16)9-6-4-3-5-7-9/h3-7H,1-2H3,(H,15,16)/b12-10+. The van der Waals surface area contributed by atoms with Crippen molar-refractivity contribution >= 4 is 23.6 Å². The first-order valence-corrected chi connectivity index (χ1v) is 6.49. The molecule has 1 amide bonds. The molecular formula is C13H12N2O3S. The van der Waals surface area contributed by atoms with Gasteiger partial charge in [0.25, 0.3) is 5.91 Å². The number of hydrogen-bond acceptors (Lipinski definition) is 5. The second-order valence-corrected chi connectivity index (χ2v) is 4.15. The highest BCUT2D eigenvalue weighted by Crippen LogP contribution is 2.15. The van der Waals surface area contributed by atoms with Gasteiger partial charge < -0.3 is 10.1 Å². The number of nitriles is 1. The quantitative estimate of drug-likeness (QED) is 0.514. The van der Waals surface area contributed by atoms with Gasteiger partial charge in [-0.3, -0.25) is 4.79 Å². The highest BCUT2D eigenvalue weighted by Gasteiger charge is 2.17. The maximum atomic E-state index is 11.9. The van der Waals surface area contributed by atoms with Gasteiger partial charge in [-0.1, -0.05) is 18.2 Å².